The minimum Gasteiger partial charge on any atom is -0.396 e. The third kappa shape index (κ3) is 2.95. The molecule has 0 atom stereocenters. The second-order valence-electron chi connectivity index (χ2n) is 5.23. The molecule has 2 aromatic heterocycles. The van der Waals surface area contributed by atoms with Crippen LogP contribution in [0.25, 0.3) is 0 Å². The summed E-state index contributed by atoms with van der Waals surface area (Å²) in [6.45, 7) is 5.75. The number of aryl methyl sites for hydroxylation is 1. The molecule has 21 heavy (non-hydrogen) atoms. The Bertz CT molecular complexity index is 638. The van der Waals surface area contributed by atoms with Gasteiger partial charge in [0.2, 0.25) is 0 Å². The smallest absolute Gasteiger partial charge is 0.142 e. The Kier molecular flexibility index (Phi) is 3.96. The van der Waals surface area contributed by atoms with Gasteiger partial charge in [-0.25, -0.2) is 4.98 Å². The van der Waals surface area contributed by atoms with E-state index in [9.17, 15) is 0 Å². The topological polar surface area (TPSA) is 58.3 Å². The van der Waals surface area contributed by atoms with Gasteiger partial charge in [0, 0.05) is 38.6 Å². The number of piperazine rings is 1. The quantitative estimate of drug-likeness (QED) is 0.904. The van der Waals surface area contributed by atoms with Gasteiger partial charge in [-0.1, -0.05) is 0 Å². The summed E-state index contributed by atoms with van der Waals surface area (Å²) in [6.07, 6.45) is 5.41. The van der Waals surface area contributed by atoms with E-state index in [1.165, 1.54) is 0 Å². The van der Waals surface area contributed by atoms with E-state index < -0.39 is 0 Å². The normalized spacial score (nSPS) is 15.3. The fraction of sp³-hybridized carbons (Fsp3) is 0.333. The Morgan fingerprint density at radius 3 is 2.52 bits per heavy atom. The third-order valence-corrected chi connectivity index (χ3v) is 4.29. The molecule has 5 nitrogen and oxygen atoms in total. The third-order valence-electron chi connectivity index (χ3n) is 3.71. The number of nitrogens with two attached hydrogens (primary N) is 1. The highest BCUT2D eigenvalue weighted by Crippen LogP contribution is 2.27. The first-order valence-electron chi connectivity index (χ1n) is 6.96. The van der Waals surface area contributed by atoms with Crippen LogP contribution in [0.15, 0.2) is 35.2 Å². The molecule has 2 aromatic rings. The molecular formula is C15H18BrN5. The summed E-state index contributed by atoms with van der Waals surface area (Å²) in [5.74, 6) is 1.02. The van der Waals surface area contributed by atoms with E-state index in [-0.39, 0.29) is 0 Å². The highest BCUT2D eigenvalue weighted by Gasteiger charge is 2.21. The maximum Gasteiger partial charge on any atom is 0.142 e. The van der Waals surface area contributed by atoms with Gasteiger partial charge < -0.3 is 15.5 Å². The molecular weight excluding hydrogens is 330 g/mol. The average Bonchev–Trinajstić information content (AvgIpc) is 2.48. The van der Waals surface area contributed by atoms with Crippen molar-refractivity contribution in [1.82, 2.24) is 9.97 Å². The summed E-state index contributed by atoms with van der Waals surface area (Å²) in [5, 5.41) is 0. The predicted molar refractivity (Wildman–Crippen MR) is 89.7 cm³/mol. The second kappa shape index (κ2) is 5.89. The number of anilines is 3. The summed E-state index contributed by atoms with van der Waals surface area (Å²) < 4.78 is 1.05. The molecule has 0 amide bonds. The van der Waals surface area contributed by atoms with Crippen molar-refractivity contribution >= 4 is 33.1 Å². The van der Waals surface area contributed by atoms with Crippen molar-refractivity contribution in [1.29, 1.82) is 0 Å². The van der Waals surface area contributed by atoms with Crippen LogP contribution in [0.3, 0.4) is 0 Å². The molecule has 0 aromatic carbocycles. The highest BCUT2D eigenvalue weighted by molar-refractivity contribution is 9.10. The van der Waals surface area contributed by atoms with Crippen molar-refractivity contribution in [3.05, 3.63) is 40.8 Å². The number of hydrogen-bond acceptors (Lipinski definition) is 5. The fourth-order valence-corrected chi connectivity index (χ4v) is 3.32. The first-order chi connectivity index (χ1) is 10.1. The fourth-order valence-electron chi connectivity index (χ4n) is 2.61. The van der Waals surface area contributed by atoms with Gasteiger partial charge in [0.15, 0.2) is 0 Å². The van der Waals surface area contributed by atoms with Crippen LogP contribution in [0, 0.1) is 6.92 Å². The van der Waals surface area contributed by atoms with Crippen LogP contribution in [-0.4, -0.2) is 36.1 Å². The van der Waals surface area contributed by atoms with Crippen LogP contribution in [0.4, 0.5) is 17.2 Å². The van der Waals surface area contributed by atoms with Gasteiger partial charge in [-0.3, -0.25) is 4.98 Å². The summed E-state index contributed by atoms with van der Waals surface area (Å²) in [6, 6.07) is 4.08. The van der Waals surface area contributed by atoms with Crippen LogP contribution in [0.5, 0.6) is 0 Å². The van der Waals surface area contributed by atoms with E-state index >= 15 is 0 Å². The molecule has 6 heteroatoms. The van der Waals surface area contributed by atoms with E-state index in [1.807, 2.05) is 19.2 Å². The molecule has 0 aliphatic carbocycles. The Balaban J connectivity index is 1.72. The largest absolute Gasteiger partial charge is 0.396 e. The molecule has 0 radical (unpaired) electrons. The molecule has 1 aliphatic heterocycles. The first-order valence-corrected chi connectivity index (χ1v) is 7.76. The van der Waals surface area contributed by atoms with Crippen molar-refractivity contribution in [2.45, 2.75) is 6.92 Å². The van der Waals surface area contributed by atoms with Crippen LogP contribution in [-0.2, 0) is 0 Å². The molecule has 1 fully saturated rings. The zero-order chi connectivity index (χ0) is 14.8. The number of nitrogens with zero attached hydrogens (tertiary/aromatic N) is 4. The lowest BCUT2D eigenvalue weighted by Crippen LogP contribution is -2.47. The van der Waals surface area contributed by atoms with E-state index in [4.69, 9.17) is 5.73 Å². The zero-order valence-corrected chi connectivity index (χ0v) is 13.5. The number of rotatable bonds is 2. The van der Waals surface area contributed by atoms with E-state index in [1.54, 1.807) is 12.4 Å². The molecule has 1 saturated heterocycles. The van der Waals surface area contributed by atoms with Crippen molar-refractivity contribution < 1.29 is 0 Å². The Hall–Kier alpha value is -1.82. The molecule has 0 saturated carbocycles. The Morgan fingerprint density at radius 1 is 1.14 bits per heavy atom. The molecule has 0 bridgehead atoms. The van der Waals surface area contributed by atoms with Crippen LogP contribution < -0.4 is 15.5 Å². The monoisotopic (exact) mass is 347 g/mol. The standard InChI is InChI=1S/C15H18BrN5/c1-11-8-12(16)15(19-9-11)21-6-4-20(5-7-21)14-2-3-18-10-13(14)17/h2-3,8-10H,4-7,17H2,1H3. The Labute approximate surface area is 132 Å². The summed E-state index contributed by atoms with van der Waals surface area (Å²) in [7, 11) is 0. The average molecular weight is 348 g/mol. The SMILES string of the molecule is Cc1cnc(N2CCN(c3ccncc3N)CC2)c(Br)c1. The maximum absolute atomic E-state index is 6.00. The molecule has 2 N–H and O–H groups in total. The molecule has 1 aliphatic rings. The van der Waals surface area contributed by atoms with Crippen LogP contribution in [0.2, 0.25) is 0 Å². The summed E-state index contributed by atoms with van der Waals surface area (Å²) >= 11 is 3.61. The van der Waals surface area contributed by atoms with Gasteiger partial charge in [-0.15, -0.1) is 0 Å². The second-order valence-corrected chi connectivity index (χ2v) is 6.08. The van der Waals surface area contributed by atoms with Crippen molar-refractivity contribution in [3.8, 4) is 0 Å². The van der Waals surface area contributed by atoms with Crippen molar-refractivity contribution in [2.75, 3.05) is 41.7 Å². The van der Waals surface area contributed by atoms with Gasteiger partial charge in [0.25, 0.3) is 0 Å². The number of nitrogen functional groups attached to an aromatic ring is 1. The van der Waals surface area contributed by atoms with Gasteiger partial charge in [0.05, 0.1) is 22.0 Å². The number of pyridine rings is 2. The molecule has 3 heterocycles. The highest BCUT2D eigenvalue weighted by atomic mass is 79.9. The molecule has 110 valence electrons. The van der Waals surface area contributed by atoms with Gasteiger partial charge in [-0.05, 0) is 40.5 Å². The first kappa shape index (κ1) is 14.1. The van der Waals surface area contributed by atoms with E-state index in [0.717, 1.165) is 53.4 Å². The van der Waals surface area contributed by atoms with E-state index in [0.29, 0.717) is 0 Å². The lowest BCUT2D eigenvalue weighted by atomic mass is 10.2. The number of aromatic nitrogens is 2. The van der Waals surface area contributed by atoms with E-state index in [2.05, 4.69) is 41.8 Å². The van der Waals surface area contributed by atoms with Gasteiger partial charge >= 0.3 is 0 Å². The summed E-state index contributed by atoms with van der Waals surface area (Å²) in [5.41, 5.74) is 8.97. The molecule has 0 spiro atoms. The van der Waals surface area contributed by atoms with Gasteiger partial charge in [0.1, 0.15) is 5.82 Å². The minimum atomic E-state index is 0.737. The zero-order valence-electron chi connectivity index (χ0n) is 12.0. The van der Waals surface area contributed by atoms with Crippen LogP contribution in [0.1, 0.15) is 5.56 Å². The Morgan fingerprint density at radius 2 is 1.86 bits per heavy atom. The minimum absolute atomic E-state index is 0.737. The predicted octanol–water partition coefficient (Wildman–Crippen LogP) is 2.46. The van der Waals surface area contributed by atoms with Gasteiger partial charge in [-0.2, -0.15) is 0 Å². The van der Waals surface area contributed by atoms with Crippen molar-refractivity contribution in [3.63, 3.8) is 0 Å². The van der Waals surface area contributed by atoms with Crippen LogP contribution >= 0.6 is 15.9 Å². The number of halogens is 1. The van der Waals surface area contributed by atoms with Crippen molar-refractivity contribution in [2.24, 2.45) is 0 Å². The number of hydrogen-bond donors (Lipinski definition) is 1. The molecule has 0 unspecified atom stereocenters. The summed E-state index contributed by atoms with van der Waals surface area (Å²) in [4.78, 5) is 13.2. The maximum atomic E-state index is 6.00. The lowest BCUT2D eigenvalue weighted by molar-refractivity contribution is 0.646. The lowest BCUT2D eigenvalue weighted by Gasteiger charge is -2.37. The molecule has 3 rings (SSSR count).